The Labute approximate surface area is 70.8 Å². The maximum atomic E-state index is 10.7. The molecule has 0 aromatic rings. The summed E-state index contributed by atoms with van der Waals surface area (Å²) in [6, 6.07) is 0. The normalized spacial score (nSPS) is 16.4. The standard InChI is InChI=1S/C5H11NO2S2/c6-2-3(9)1-4(7)5(8)10/h3,5,8-10H,1-2,6H2/t3-,5-/m0/s1. The molecule has 3 N–H and O–H groups in total. The molecule has 0 spiro atoms. The fourth-order valence-electron chi connectivity index (χ4n) is 0.421. The third kappa shape index (κ3) is 4.16. The second kappa shape index (κ2) is 5.01. The molecule has 0 aromatic carbocycles. The van der Waals surface area contributed by atoms with Gasteiger partial charge in [0.2, 0.25) is 0 Å². The number of carbonyl (C=O) groups excluding carboxylic acids is 1. The number of hydrogen-bond donors (Lipinski definition) is 4. The number of aliphatic hydroxyl groups is 1. The van der Waals surface area contributed by atoms with Crippen LogP contribution in [0.1, 0.15) is 6.42 Å². The van der Waals surface area contributed by atoms with Gasteiger partial charge >= 0.3 is 0 Å². The van der Waals surface area contributed by atoms with Gasteiger partial charge in [-0.15, -0.1) is 12.6 Å². The average molecular weight is 181 g/mol. The third-order valence-electron chi connectivity index (χ3n) is 0.997. The van der Waals surface area contributed by atoms with Crippen molar-refractivity contribution in [2.75, 3.05) is 6.54 Å². The van der Waals surface area contributed by atoms with E-state index < -0.39 is 5.44 Å². The van der Waals surface area contributed by atoms with Crippen LogP contribution in [-0.2, 0) is 4.79 Å². The number of aliphatic hydroxyl groups excluding tert-OH is 1. The van der Waals surface area contributed by atoms with E-state index in [9.17, 15) is 4.79 Å². The first-order chi connectivity index (χ1) is 4.57. The molecule has 0 aromatic heterocycles. The zero-order valence-corrected chi connectivity index (χ0v) is 7.19. The molecule has 0 rings (SSSR count). The summed E-state index contributed by atoms with van der Waals surface area (Å²) in [6.07, 6.45) is 0.171. The Balaban J connectivity index is 3.57. The number of ketones is 1. The van der Waals surface area contributed by atoms with Crippen molar-refractivity contribution in [2.45, 2.75) is 17.1 Å². The van der Waals surface area contributed by atoms with Crippen LogP contribution in [0.4, 0.5) is 0 Å². The summed E-state index contributed by atoms with van der Waals surface area (Å²) in [5, 5.41) is 8.43. The lowest BCUT2D eigenvalue weighted by Gasteiger charge is -2.06. The fraction of sp³-hybridized carbons (Fsp3) is 0.800. The van der Waals surface area contributed by atoms with Crippen LogP contribution >= 0.6 is 25.3 Å². The second-order valence-electron chi connectivity index (χ2n) is 1.93. The van der Waals surface area contributed by atoms with Crippen LogP contribution in [0.2, 0.25) is 0 Å². The molecule has 0 radical (unpaired) electrons. The molecule has 0 unspecified atom stereocenters. The first-order valence-corrected chi connectivity index (χ1v) is 3.88. The van der Waals surface area contributed by atoms with Crippen molar-refractivity contribution in [1.82, 2.24) is 0 Å². The monoisotopic (exact) mass is 181 g/mol. The molecule has 0 fully saturated rings. The van der Waals surface area contributed by atoms with Gasteiger partial charge in [0.1, 0.15) is 0 Å². The maximum Gasteiger partial charge on any atom is 0.172 e. The highest BCUT2D eigenvalue weighted by molar-refractivity contribution is 7.81. The quantitative estimate of drug-likeness (QED) is 0.348. The van der Waals surface area contributed by atoms with E-state index in [0.29, 0.717) is 6.54 Å². The molecule has 5 heteroatoms. The molecule has 2 atom stereocenters. The number of nitrogens with two attached hydrogens (primary N) is 1. The van der Waals surface area contributed by atoms with Gasteiger partial charge in [0.25, 0.3) is 0 Å². The van der Waals surface area contributed by atoms with Gasteiger partial charge in [-0.1, -0.05) is 0 Å². The van der Waals surface area contributed by atoms with Crippen LogP contribution in [0.15, 0.2) is 0 Å². The molecule has 0 aliphatic carbocycles. The molecular weight excluding hydrogens is 170 g/mol. The van der Waals surface area contributed by atoms with E-state index in [0.717, 1.165) is 0 Å². The van der Waals surface area contributed by atoms with Gasteiger partial charge in [-0.3, -0.25) is 4.79 Å². The molecule has 0 aliphatic heterocycles. The molecule has 60 valence electrons. The van der Waals surface area contributed by atoms with E-state index in [-0.39, 0.29) is 17.5 Å². The zero-order valence-electron chi connectivity index (χ0n) is 5.40. The zero-order chi connectivity index (χ0) is 8.15. The number of rotatable bonds is 4. The summed E-state index contributed by atoms with van der Waals surface area (Å²) >= 11 is 7.51. The highest BCUT2D eigenvalue weighted by Gasteiger charge is 2.13. The average Bonchev–Trinajstić information content (AvgIpc) is 1.87. The third-order valence-corrected chi connectivity index (χ3v) is 1.68. The van der Waals surface area contributed by atoms with E-state index in [4.69, 9.17) is 10.8 Å². The minimum absolute atomic E-state index is 0.171. The smallest absolute Gasteiger partial charge is 0.172 e. The van der Waals surface area contributed by atoms with Crippen molar-refractivity contribution in [3.8, 4) is 0 Å². The van der Waals surface area contributed by atoms with Crippen molar-refractivity contribution in [3.63, 3.8) is 0 Å². The van der Waals surface area contributed by atoms with Gasteiger partial charge < -0.3 is 10.8 Å². The van der Waals surface area contributed by atoms with Crippen LogP contribution < -0.4 is 5.73 Å². The highest BCUT2D eigenvalue weighted by Crippen LogP contribution is 2.03. The summed E-state index contributed by atoms with van der Waals surface area (Å²) in [4.78, 5) is 10.7. The first-order valence-electron chi connectivity index (χ1n) is 2.85. The fourth-order valence-corrected chi connectivity index (χ4v) is 0.706. The van der Waals surface area contributed by atoms with Crippen molar-refractivity contribution in [3.05, 3.63) is 0 Å². The van der Waals surface area contributed by atoms with E-state index >= 15 is 0 Å². The van der Waals surface area contributed by atoms with Crippen molar-refractivity contribution < 1.29 is 9.90 Å². The van der Waals surface area contributed by atoms with E-state index in [1.807, 2.05) is 0 Å². The van der Waals surface area contributed by atoms with Gasteiger partial charge in [0.15, 0.2) is 11.2 Å². The van der Waals surface area contributed by atoms with Crippen molar-refractivity contribution in [2.24, 2.45) is 5.73 Å². The van der Waals surface area contributed by atoms with Crippen LogP contribution in [0.3, 0.4) is 0 Å². The predicted octanol–water partition coefficient (Wildman–Crippen LogP) is -0.549. The highest BCUT2D eigenvalue weighted by atomic mass is 32.1. The number of thiol groups is 2. The SMILES string of the molecule is NC[C@@H](S)CC(=O)[C@@H](O)S. The van der Waals surface area contributed by atoms with Crippen molar-refractivity contribution in [1.29, 1.82) is 0 Å². The topological polar surface area (TPSA) is 63.3 Å². The van der Waals surface area contributed by atoms with Gasteiger partial charge in [-0.2, -0.15) is 12.6 Å². The van der Waals surface area contributed by atoms with Crippen LogP contribution in [-0.4, -0.2) is 28.1 Å². The number of hydrogen-bond acceptors (Lipinski definition) is 5. The lowest BCUT2D eigenvalue weighted by molar-refractivity contribution is -0.123. The van der Waals surface area contributed by atoms with Gasteiger partial charge in [-0.05, 0) is 0 Å². The van der Waals surface area contributed by atoms with Crippen LogP contribution in [0.25, 0.3) is 0 Å². The van der Waals surface area contributed by atoms with E-state index in [1.165, 1.54) is 0 Å². The predicted molar refractivity (Wildman–Crippen MR) is 46.4 cm³/mol. The summed E-state index contributed by atoms with van der Waals surface area (Å²) in [7, 11) is 0. The molecule has 0 saturated carbocycles. The Morgan fingerprint density at radius 1 is 1.60 bits per heavy atom. The minimum atomic E-state index is -1.19. The number of Topliss-reactive ketones (excluding diaryl/α,β-unsaturated/α-hetero) is 1. The Bertz CT molecular complexity index is 118. The first kappa shape index (κ1) is 10.3. The molecule has 0 heterocycles. The van der Waals surface area contributed by atoms with Crippen LogP contribution in [0, 0.1) is 0 Å². The molecule has 0 aliphatic rings. The summed E-state index contributed by atoms with van der Waals surface area (Å²) in [5.74, 6) is -0.339. The summed E-state index contributed by atoms with van der Waals surface area (Å²) in [5.41, 5.74) is 3.99. The molecule has 0 amide bonds. The van der Waals surface area contributed by atoms with Gasteiger partial charge in [0, 0.05) is 18.2 Å². The van der Waals surface area contributed by atoms with Crippen molar-refractivity contribution >= 4 is 31.0 Å². The molecule has 10 heavy (non-hydrogen) atoms. The Hall–Kier alpha value is 0.290. The Morgan fingerprint density at radius 2 is 2.10 bits per heavy atom. The maximum absolute atomic E-state index is 10.7. The van der Waals surface area contributed by atoms with Crippen LogP contribution in [0.5, 0.6) is 0 Å². The Kier molecular flexibility index (Phi) is 5.15. The molecule has 0 bridgehead atoms. The largest absolute Gasteiger partial charge is 0.375 e. The molecular formula is C5H11NO2S2. The molecule has 0 saturated heterocycles. The lowest BCUT2D eigenvalue weighted by atomic mass is 10.2. The lowest BCUT2D eigenvalue weighted by Crippen LogP contribution is -2.23. The Morgan fingerprint density at radius 3 is 2.40 bits per heavy atom. The van der Waals surface area contributed by atoms with Gasteiger partial charge in [-0.25, -0.2) is 0 Å². The van der Waals surface area contributed by atoms with E-state index in [1.54, 1.807) is 0 Å². The molecule has 3 nitrogen and oxygen atoms in total. The van der Waals surface area contributed by atoms with E-state index in [2.05, 4.69) is 25.3 Å². The second-order valence-corrected chi connectivity index (χ2v) is 3.15. The van der Waals surface area contributed by atoms with Gasteiger partial charge in [0.05, 0.1) is 0 Å². The summed E-state index contributed by atoms with van der Waals surface area (Å²) < 4.78 is 0. The minimum Gasteiger partial charge on any atom is -0.375 e. The number of carbonyl (C=O) groups is 1. The summed E-state index contributed by atoms with van der Waals surface area (Å²) in [6.45, 7) is 0.329.